The zero-order chi connectivity index (χ0) is 13.3. The molecule has 0 bridgehead atoms. The molecule has 0 saturated carbocycles. The lowest BCUT2D eigenvalue weighted by Crippen LogP contribution is -2.23. The number of oxazole rings is 1. The van der Waals surface area contributed by atoms with Gasteiger partial charge in [-0.05, 0) is 31.7 Å². The molecule has 5 nitrogen and oxygen atoms in total. The lowest BCUT2D eigenvalue weighted by Gasteiger charge is -2.14. The minimum absolute atomic E-state index is 0.134. The summed E-state index contributed by atoms with van der Waals surface area (Å²) in [5.74, 6) is -0.228. The standard InChI is InChI=1S/C13H16N2O3/c1-9(16)7-14(2)8-10-4-5-12-11(6-10)15(3)13(17)18-12/h4-6H,7-8H2,1-3H3. The molecule has 0 spiro atoms. The molecule has 0 aliphatic carbocycles. The summed E-state index contributed by atoms with van der Waals surface area (Å²) >= 11 is 0. The van der Waals surface area contributed by atoms with Crippen molar-refractivity contribution in [1.29, 1.82) is 0 Å². The predicted molar refractivity (Wildman–Crippen MR) is 68.5 cm³/mol. The number of fused-ring (bicyclic) bond motifs is 1. The molecule has 0 saturated heterocycles. The first kappa shape index (κ1) is 12.6. The molecule has 1 aromatic heterocycles. The van der Waals surface area contributed by atoms with Gasteiger partial charge in [-0.25, -0.2) is 4.79 Å². The minimum atomic E-state index is -0.362. The smallest absolute Gasteiger partial charge is 0.408 e. The van der Waals surface area contributed by atoms with Crippen LogP contribution in [0.25, 0.3) is 11.1 Å². The molecule has 18 heavy (non-hydrogen) atoms. The number of Topliss-reactive ketones (excluding diaryl/α,β-unsaturated/α-hetero) is 1. The highest BCUT2D eigenvalue weighted by Gasteiger charge is 2.08. The zero-order valence-electron chi connectivity index (χ0n) is 10.8. The van der Waals surface area contributed by atoms with E-state index in [1.54, 1.807) is 20.0 Å². The molecule has 0 aliphatic heterocycles. The fourth-order valence-corrected chi connectivity index (χ4v) is 2.02. The summed E-state index contributed by atoms with van der Waals surface area (Å²) in [5, 5.41) is 0. The van der Waals surface area contributed by atoms with Gasteiger partial charge >= 0.3 is 5.76 Å². The lowest BCUT2D eigenvalue weighted by atomic mass is 10.2. The number of likely N-dealkylation sites (N-methyl/N-ethyl adjacent to an activating group) is 1. The maximum absolute atomic E-state index is 11.4. The molecule has 0 aliphatic rings. The van der Waals surface area contributed by atoms with Crippen LogP contribution in [0.2, 0.25) is 0 Å². The second kappa shape index (κ2) is 4.78. The van der Waals surface area contributed by atoms with Crippen LogP contribution in [0, 0.1) is 0 Å². The van der Waals surface area contributed by atoms with Crippen LogP contribution in [-0.4, -0.2) is 28.8 Å². The number of rotatable bonds is 4. The van der Waals surface area contributed by atoms with Crippen molar-refractivity contribution in [2.24, 2.45) is 7.05 Å². The minimum Gasteiger partial charge on any atom is -0.408 e. The van der Waals surface area contributed by atoms with Crippen molar-refractivity contribution in [2.45, 2.75) is 13.5 Å². The lowest BCUT2D eigenvalue weighted by molar-refractivity contribution is -0.117. The topological polar surface area (TPSA) is 55.5 Å². The third-order valence-electron chi connectivity index (χ3n) is 2.80. The Bertz CT molecular complexity index is 639. The summed E-state index contributed by atoms with van der Waals surface area (Å²) in [7, 11) is 3.57. The molecule has 0 unspecified atom stereocenters. The van der Waals surface area contributed by atoms with Crippen LogP contribution in [0.4, 0.5) is 0 Å². The predicted octanol–water partition coefficient (Wildman–Crippen LogP) is 1.15. The molecule has 0 atom stereocenters. The van der Waals surface area contributed by atoms with Crippen LogP contribution >= 0.6 is 0 Å². The summed E-state index contributed by atoms with van der Waals surface area (Å²) < 4.78 is 6.54. The van der Waals surface area contributed by atoms with Crippen molar-refractivity contribution in [3.8, 4) is 0 Å². The second-order valence-corrected chi connectivity index (χ2v) is 4.60. The van der Waals surface area contributed by atoms with Crippen molar-refractivity contribution in [3.63, 3.8) is 0 Å². The Morgan fingerprint density at radius 2 is 2.17 bits per heavy atom. The van der Waals surface area contributed by atoms with E-state index in [1.165, 1.54) is 4.57 Å². The fraction of sp³-hybridized carbons (Fsp3) is 0.385. The van der Waals surface area contributed by atoms with Gasteiger partial charge in [-0.1, -0.05) is 6.07 Å². The Morgan fingerprint density at radius 3 is 2.83 bits per heavy atom. The van der Waals surface area contributed by atoms with Gasteiger partial charge in [0.1, 0.15) is 5.78 Å². The van der Waals surface area contributed by atoms with E-state index in [0.29, 0.717) is 18.7 Å². The highest BCUT2D eigenvalue weighted by Crippen LogP contribution is 2.15. The van der Waals surface area contributed by atoms with E-state index in [-0.39, 0.29) is 11.5 Å². The van der Waals surface area contributed by atoms with Gasteiger partial charge in [-0.2, -0.15) is 0 Å². The van der Waals surface area contributed by atoms with Gasteiger partial charge < -0.3 is 4.42 Å². The van der Waals surface area contributed by atoms with Gasteiger partial charge in [0.15, 0.2) is 5.58 Å². The zero-order valence-corrected chi connectivity index (χ0v) is 10.8. The SMILES string of the molecule is CC(=O)CN(C)Cc1ccc2oc(=O)n(C)c2c1. The second-order valence-electron chi connectivity index (χ2n) is 4.60. The molecule has 1 aromatic carbocycles. The third-order valence-corrected chi connectivity index (χ3v) is 2.80. The monoisotopic (exact) mass is 248 g/mol. The van der Waals surface area contributed by atoms with E-state index in [2.05, 4.69) is 0 Å². The number of benzene rings is 1. The third kappa shape index (κ3) is 2.51. The van der Waals surface area contributed by atoms with Crippen molar-refractivity contribution >= 4 is 16.9 Å². The van der Waals surface area contributed by atoms with Gasteiger partial charge in [-0.3, -0.25) is 14.3 Å². The molecule has 96 valence electrons. The molecule has 0 radical (unpaired) electrons. The van der Waals surface area contributed by atoms with Crippen LogP contribution in [-0.2, 0) is 18.4 Å². The van der Waals surface area contributed by atoms with E-state index in [1.807, 2.05) is 24.1 Å². The summed E-state index contributed by atoms with van der Waals surface area (Å²) in [5.41, 5.74) is 2.40. The summed E-state index contributed by atoms with van der Waals surface area (Å²) in [6, 6.07) is 5.60. The molecule has 1 heterocycles. The average molecular weight is 248 g/mol. The molecule has 0 amide bonds. The van der Waals surface area contributed by atoms with E-state index >= 15 is 0 Å². The average Bonchev–Trinajstić information content (AvgIpc) is 2.54. The molecule has 5 heteroatoms. The molecule has 2 aromatic rings. The van der Waals surface area contributed by atoms with Gasteiger partial charge in [0.2, 0.25) is 0 Å². The number of nitrogens with zero attached hydrogens (tertiary/aromatic N) is 2. The normalized spacial score (nSPS) is 11.3. The number of ketones is 1. The van der Waals surface area contributed by atoms with E-state index in [0.717, 1.165) is 11.1 Å². The number of aryl methyl sites for hydroxylation is 1. The van der Waals surface area contributed by atoms with Gasteiger partial charge in [0, 0.05) is 13.6 Å². The summed E-state index contributed by atoms with van der Waals surface area (Å²) in [6.45, 7) is 2.65. The van der Waals surface area contributed by atoms with Crippen molar-refractivity contribution in [1.82, 2.24) is 9.47 Å². The first-order chi connectivity index (χ1) is 8.47. The molecular formula is C13H16N2O3. The molecule has 2 rings (SSSR count). The van der Waals surface area contributed by atoms with Crippen molar-refractivity contribution in [3.05, 3.63) is 34.3 Å². The van der Waals surface area contributed by atoms with Crippen molar-refractivity contribution < 1.29 is 9.21 Å². The van der Waals surface area contributed by atoms with E-state index in [9.17, 15) is 9.59 Å². The van der Waals surface area contributed by atoms with Crippen LogP contribution in [0.15, 0.2) is 27.4 Å². The van der Waals surface area contributed by atoms with Crippen LogP contribution in [0.3, 0.4) is 0 Å². The molecule has 0 N–H and O–H groups in total. The van der Waals surface area contributed by atoms with Gasteiger partial charge in [0.05, 0.1) is 12.1 Å². The van der Waals surface area contributed by atoms with Crippen LogP contribution in [0.1, 0.15) is 12.5 Å². The first-order valence-electron chi connectivity index (χ1n) is 5.74. The Labute approximate surface area is 105 Å². The van der Waals surface area contributed by atoms with Crippen LogP contribution < -0.4 is 5.76 Å². The Kier molecular flexibility index (Phi) is 3.34. The van der Waals surface area contributed by atoms with Gasteiger partial charge in [0.25, 0.3) is 0 Å². The highest BCUT2D eigenvalue weighted by molar-refractivity contribution is 5.77. The fourth-order valence-electron chi connectivity index (χ4n) is 2.02. The Hall–Kier alpha value is -1.88. The maximum atomic E-state index is 11.4. The first-order valence-corrected chi connectivity index (χ1v) is 5.74. The highest BCUT2D eigenvalue weighted by atomic mass is 16.4. The number of carbonyl (C=O) groups excluding carboxylic acids is 1. The largest absolute Gasteiger partial charge is 0.419 e. The number of hydrogen-bond acceptors (Lipinski definition) is 4. The Balaban J connectivity index is 2.27. The molecule has 0 fully saturated rings. The molecular weight excluding hydrogens is 232 g/mol. The summed E-state index contributed by atoms with van der Waals surface area (Å²) in [6.07, 6.45) is 0. The number of hydrogen-bond donors (Lipinski definition) is 0. The maximum Gasteiger partial charge on any atom is 0.419 e. The number of aromatic nitrogens is 1. The quantitative estimate of drug-likeness (QED) is 0.814. The van der Waals surface area contributed by atoms with E-state index < -0.39 is 0 Å². The van der Waals surface area contributed by atoms with Crippen molar-refractivity contribution in [2.75, 3.05) is 13.6 Å². The van der Waals surface area contributed by atoms with E-state index in [4.69, 9.17) is 4.42 Å². The van der Waals surface area contributed by atoms with Crippen LogP contribution in [0.5, 0.6) is 0 Å². The van der Waals surface area contributed by atoms with Gasteiger partial charge in [-0.15, -0.1) is 0 Å². The number of carbonyl (C=O) groups is 1. The Morgan fingerprint density at radius 1 is 1.44 bits per heavy atom. The summed E-state index contributed by atoms with van der Waals surface area (Å²) in [4.78, 5) is 24.3.